The number of urea groups is 1. The number of anilines is 1. The minimum Gasteiger partial charge on any atom is -0.504 e. The number of likely N-dealkylation sites (tertiary alicyclic amines) is 1. The van der Waals surface area contributed by atoms with Crippen molar-refractivity contribution in [1.29, 1.82) is 0 Å². The van der Waals surface area contributed by atoms with E-state index in [0.29, 0.717) is 19.1 Å². The van der Waals surface area contributed by atoms with Crippen LogP contribution in [0.2, 0.25) is 5.02 Å². The number of halogens is 2. The summed E-state index contributed by atoms with van der Waals surface area (Å²) in [6.07, 6.45) is 6.56. The molecular formula is C22H29ClFN3O4S. The van der Waals surface area contributed by atoms with Crippen molar-refractivity contribution < 1.29 is 22.7 Å². The summed E-state index contributed by atoms with van der Waals surface area (Å²) in [7, 11) is -4.61. The van der Waals surface area contributed by atoms with Crippen LogP contribution < -0.4 is 10.6 Å². The minimum absolute atomic E-state index is 0.123. The number of nitrogens with one attached hydrogen (secondary N) is 2. The summed E-state index contributed by atoms with van der Waals surface area (Å²) in [5, 5.41) is 13.2. The Labute approximate surface area is 192 Å². The Morgan fingerprint density at radius 3 is 2.50 bits per heavy atom. The van der Waals surface area contributed by atoms with E-state index in [-0.39, 0.29) is 29.6 Å². The number of amides is 2. The zero-order valence-corrected chi connectivity index (χ0v) is 19.6. The summed E-state index contributed by atoms with van der Waals surface area (Å²) >= 11 is 6.12. The van der Waals surface area contributed by atoms with E-state index in [2.05, 4.69) is 15.5 Å². The van der Waals surface area contributed by atoms with Crippen LogP contribution in [-0.4, -0.2) is 54.6 Å². The number of phenolic OH excluding ortho intramolecular Hbond substituents is 1. The van der Waals surface area contributed by atoms with Gasteiger partial charge in [-0.2, -0.15) is 0 Å². The molecular weight excluding hydrogens is 457 g/mol. The van der Waals surface area contributed by atoms with E-state index in [4.69, 9.17) is 11.6 Å². The molecule has 1 saturated carbocycles. The van der Waals surface area contributed by atoms with Crippen molar-refractivity contribution in [3.8, 4) is 5.75 Å². The topological polar surface area (TPSA) is 98.7 Å². The normalized spacial score (nSPS) is 24.0. The van der Waals surface area contributed by atoms with Gasteiger partial charge >= 0.3 is 6.03 Å². The molecule has 4 rings (SSSR count). The predicted molar refractivity (Wildman–Crippen MR) is 122 cm³/mol. The highest BCUT2D eigenvalue weighted by Crippen LogP contribution is 2.46. The van der Waals surface area contributed by atoms with Crippen molar-refractivity contribution in [3.63, 3.8) is 0 Å². The zero-order chi connectivity index (χ0) is 23.1. The number of hydrogen-bond donors (Lipinski definition) is 3. The third-order valence-electron chi connectivity index (χ3n) is 6.99. The van der Waals surface area contributed by atoms with Gasteiger partial charge in [0.05, 0.1) is 16.8 Å². The van der Waals surface area contributed by atoms with Gasteiger partial charge in [0.2, 0.25) is 14.8 Å². The monoisotopic (exact) mass is 485 g/mol. The number of nitrogens with zero attached hydrogens (tertiary/aromatic N) is 1. The van der Waals surface area contributed by atoms with Crippen molar-refractivity contribution in [2.45, 2.75) is 73.8 Å². The van der Waals surface area contributed by atoms with Gasteiger partial charge in [-0.1, -0.05) is 29.7 Å². The third kappa shape index (κ3) is 4.22. The van der Waals surface area contributed by atoms with Crippen molar-refractivity contribution in [2.75, 3.05) is 18.4 Å². The highest BCUT2D eigenvalue weighted by atomic mass is 35.5. The number of allylic oxidation sites excluding steroid dienone is 1. The summed E-state index contributed by atoms with van der Waals surface area (Å²) in [5.74, 6) is -0.746. The van der Waals surface area contributed by atoms with Gasteiger partial charge in [-0.3, -0.25) is 0 Å². The Morgan fingerprint density at radius 2 is 1.94 bits per heavy atom. The minimum atomic E-state index is -4.61. The summed E-state index contributed by atoms with van der Waals surface area (Å²) in [6, 6.07) is 2.25. The molecule has 7 nitrogen and oxygen atoms in total. The second kappa shape index (κ2) is 8.83. The Hall–Kier alpha value is -1.84. The van der Waals surface area contributed by atoms with Crippen LogP contribution in [0, 0.1) is 0 Å². The van der Waals surface area contributed by atoms with Crippen molar-refractivity contribution >= 4 is 33.2 Å². The molecule has 1 aromatic carbocycles. The zero-order valence-electron chi connectivity index (χ0n) is 18.0. The summed E-state index contributed by atoms with van der Waals surface area (Å²) in [6.45, 7) is 2.60. The number of alkyl halides is 1. The van der Waals surface area contributed by atoms with Crippen LogP contribution >= 0.6 is 11.6 Å². The number of carbonyl (C=O) groups is 1. The molecule has 2 aliphatic carbocycles. The first kappa shape index (κ1) is 23.3. The van der Waals surface area contributed by atoms with E-state index < -0.39 is 31.5 Å². The second-order valence-electron chi connectivity index (χ2n) is 8.96. The molecule has 10 heteroatoms. The van der Waals surface area contributed by atoms with Gasteiger partial charge in [0.15, 0.2) is 5.75 Å². The fourth-order valence-corrected chi connectivity index (χ4v) is 6.91. The Bertz CT molecular complexity index is 1030. The van der Waals surface area contributed by atoms with Gasteiger partial charge in [0, 0.05) is 32.0 Å². The molecule has 3 aliphatic rings. The Morgan fingerprint density at radius 1 is 1.25 bits per heavy atom. The van der Waals surface area contributed by atoms with Crippen molar-refractivity contribution in [2.24, 2.45) is 0 Å². The quantitative estimate of drug-likeness (QED) is 0.425. The van der Waals surface area contributed by atoms with Gasteiger partial charge in [-0.05, 0) is 44.7 Å². The number of sulfone groups is 1. The first-order valence-electron chi connectivity index (χ1n) is 11.1. The highest BCUT2D eigenvalue weighted by Gasteiger charge is 2.50. The molecule has 1 aliphatic heterocycles. The molecule has 1 atom stereocenters. The lowest BCUT2D eigenvalue weighted by Gasteiger charge is -2.43. The molecule has 1 saturated heterocycles. The highest BCUT2D eigenvalue weighted by molar-refractivity contribution is 7.92. The Balaban J connectivity index is 1.53. The van der Waals surface area contributed by atoms with E-state index in [9.17, 15) is 18.3 Å². The SMILES string of the molecule is CC1=CCC[C@H]1NC(=O)Nc1ccc(Cl)c(S(=O)(=O)C2(F)CCN(C3CCC3)CC2)c1O. The summed E-state index contributed by atoms with van der Waals surface area (Å²) in [4.78, 5) is 13.9. The lowest BCUT2D eigenvalue weighted by molar-refractivity contribution is 0.0566. The number of hydrogen-bond acceptors (Lipinski definition) is 5. The number of rotatable bonds is 5. The summed E-state index contributed by atoms with van der Waals surface area (Å²) in [5.41, 5.74) is 0.900. The maximum Gasteiger partial charge on any atom is 0.319 e. The number of piperidine rings is 1. The van der Waals surface area contributed by atoms with Gasteiger partial charge in [0.1, 0.15) is 4.90 Å². The molecule has 32 heavy (non-hydrogen) atoms. The molecule has 0 aromatic heterocycles. The smallest absolute Gasteiger partial charge is 0.319 e. The van der Waals surface area contributed by atoms with Gasteiger partial charge in [-0.15, -0.1) is 0 Å². The second-order valence-corrected chi connectivity index (χ2v) is 11.5. The number of carbonyl (C=O) groups excluding carboxylic acids is 1. The fraction of sp³-hybridized carbons (Fsp3) is 0.591. The molecule has 2 amide bonds. The van der Waals surface area contributed by atoms with Crippen LogP contribution in [0.25, 0.3) is 0 Å². The standard InChI is InChI=1S/C22H29ClFN3O4S/c1-14-4-2-7-17(14)25-21(29)26-18-9-8-16(23)20(19(18)28)32(30,31)22(24)10-12-27(13-11-22)15-5-3-6-15/h4,8-9,15,17,28H,2-3,5-7,10-13H2,1H3,(H2,25,26,29)/t17-/m1/s1. The lowest BCUT2D eigenvalue weighted by atomic mass is 9.90. The van der Waals surface area contributed by atoms with Gasteiger partial charge < -0.3 is 20.6 Å². The van der Waals surface area contributed by atoms with Gasteiger partial charge in [-0.25, -0.2) is 17.6 Å². The van der Waals surface area contributed by atoms with Crippen LogP contribution in [0.4, 0.5) is 14.9 Å². The maximum atomic E-state index is 15.8. The maximum absolute atomic E-state index is 15.8. The molecule has 0 radical (unpaired) electrons. The number of benzene rings is 1. The van der Waals surface area contributed by atoms with Crippen LogP contribution in [-0.2, 0) is 9.84 Å². The molecule has 0 unspecified atom stereocenters. The number of phenols is 1. The molecule has 1 aromatic rings. The van der Waals surface area contributed by atoms with Crippen LogP contribution in [0.3, 0.4) is 0 Å². The molecule has 0 spiro atoms. The van der Waals surface area contributed by atoms with Crippen LogP contribution in [0.15, 0.2) is 28.7 Å². The molecule has 1 heterocycles. The number of aromatic hydroxyl groups is 1. The van der Waals surface area contributed by atoms with E-state index in [1.54, 1.807) is 0 Å². The van der Waals surface area contributed by atoms with E-state index in [0.717, 1.165) is 37.7 Å². The summed E-state index contributed by atoms with van der Waals surface area (Å²) < 4.78 is 42.4. The average molecular weight is 486 g/mol. The first-order valence-corrected chi connectivity index (χ1v) is 12.9. The van der Waals surface area contributed by atoms with E-state index in [1.165, 1.54) is 12.1 Å². The average Bonchev–Trinajstić information content (AvgIpc) is 3.09. The fourth-order valence-electron chi connectivity index (χ4n) is 4.68. The third-order valence-corrected chi connectivity index (χ3v) is 9.74. The Kier molecular flexibility index (Phi) is 6.44. The molecule has 0 bridgehead atoms. The van der Waals surface area contributed by atoms with Gasteiger partial charge in [0.25, 0.3) is 0 Å². The van der Waals surface area contributed by atoms with Crippen molar-refractivity contribution in [1.82, 2.24) is 10.2 Å². The lowest BCUT2D eigenvalue weighted by Crippen LogP contribution is -2.51. The largest absolute Gasteiger partial charge is 0.504 e. The van der Waals surface area contributed by atoms with Crippen LogP contribution in [0.1, 0.15) is 51.9 Å². The van der Waals surface area contributed by atoms with E-state index >= 15 is 4.39 Å². The predicted octanol–water partition coefficient (Wildman–Crippen LogP) is 4.36. The molecule has 3 N–H and O–H groups in total. The van der Waals surface area contributed by atoms with Crippen LogP contribution in [0.5, 0.6) is 5.75 Å². The molecule has 2 fully saturated rings. The van der Waals surface area contributed by atoms with E-state index in [1.807, 2.05) is 13.0 Å². The van der Waals surface area contributed by atoms with Crippen molar-refractivity contribution in [3.05, 3.63) is 28.8 Å². The first-order chi connectivity index (χ1) is 15.1. The molecule has 176 valence electrons.